The zero-order valence-electron chi connectivity index (χ0n) is 11.9. The van der Waals surface area contributed by atoms with Gasteiger partial charge in [-0.3, -0.25) is 4.68 Å². The summed E-state index contributed by atoms with van der Waals surface area (Å²) in [6, 6.07) is 9.92. The van der Waals surface area contributed by atoms with Crippen molar-refractivity contribution in [3.8, 4) is 11.5 Å². The van der Waals surface area contributed by atoms with Crippen LogP contribution >= 0.6 is 0 Å². The number of nitrogens with zero attached hydrogens (tertiary/aromatic N) is 4. The lowest BCUT2D eigenvalue weighted by Gasteiger charge is -2.00. The molecule has 3 aromatic rings. The van der Waals surface area contributed by atoms with Crippen molar-refractivity contribution in [1.29, 1.82) is 0 Å². The van der Waals surface area contributed by atoms with E-state index in [4.69, 9.17) is 4.52 Å². The van der Waals surface area contributed by atoms with Crippen LogP contribution in [0.4, 0.5) is 0 Å². The van der Waals surface area contributed by atoms with Crippen LogP contribution in [0, 0.1) is 0 Å². The molecule has 0 saturated carbocycles. The van der Waals surface area contributed by atoms with Gasteiger partial charge in [0.2, 0.25) is 0 Å². The van der Waals surface area contributed by atoms with Gasteiger partial charge in [0.1, 0.15) is 5.75 Å². The summed E-state index contributed by atoms with van der Waals surface area (Å²) in [4.78, 5) is 4.08. The molecule has 8 heteroatoms. The van der Waals surface area contributed by atoms with Gasteiger partial charge in [0.05, 0.1) is 18.3 Å². The van der Waals surface area contributed by atoms with Gasteiger partial charge in [-0.2, -0.15) is 10.1 Å². The number of hydrogen-bond donors (Lipinski definition) is 0. The first-order valence-corrected chi connectivity index (χ1v) is 8.63. The van der Waals surface area contributed by atoms with Gasteiger partial charge in [-0.1, -0.05) is 35.5 Å². The van der Waals surface area contributed by atoms with Crippen molar-refractivity contribution in [1.82, 2.24) is 19.9 Å². The molecule has 2 heterocycles. The summed E-state index contributed by atoms with van der Waals surface area (Å²) in [5.41, 5.74) is 1.78. The summed E-state index contributed by atoms with van der Waals surface area (Å²) in [6.07, 6.45) is 4.52. The maximum Gasteiger partial charge on any atom is 0.261 e. The SMILES string of the molecule is CS(=O)(=O)Cc1noc(-c2cnn(Cc3ccccc3)c2)n1. The fourth-order valence-corrected chi connectivity index (χ4v) is 2.58. The largest absolute Gasteiger partial charge is 0.334 e. The first kappa shape index (κ1) is 14.5. The van der Waals surface area contributed by atoms with Crippen LogP contribution in [0.15, 0.2) is 47.2 Å². The molecule has 0 amide bonds. The van der Waals surface area contributed by atoms with Crippen LogP contribution in [-0.4, -0.2) is 34.6 Å². The predicted molar refractivity (Wildman–Crippen MR) is 79.6 cm³/mol. The third kappa shape index (κ3) is 3.59. The lowest BCUT2D eigenvalue weighted by molar-refractivity contribution is 0.424. The molecular formula is C14H14N4O3S. The average Bonchev–Trinajstić information content (AvgIpc) is 3.07. The Hall–Kier alpha value is -2.48. The Morgan fingerprint density at radius 1 is 1.23 bits per heavy atom. The lowest BCUT2D eigenvalue weighted by atomic mass is 10.2. The zero-order valence-corrected chi connectivity index (χ0v) is 12.7. The molecule has 22 heavy (non-hydrogen) atoms. The number of sulfone groups is 1. The van der Waals surface area contributed by atoms with Crippen molar-refractivity contribution in [2.24, 2.45) is 0 Å². The molecule has 0 saturated heterocycles. The average molecular weight is 318 g/mol. The molecule has 2 aromatic heterocycles. The van der Waals surface area contributed by atoms with Crippen molar-refractivity contribution >= 4 is 9.84 Å². The highest BCUT2D eigenvalue weighted by atomic mass is 32.2. The fraction of sp³-hybridized carbons (Fsp3) is 0.214. The molecule has 114 valence electrons. The molecule has 0 N–H and O–H groups in total. The first-order chi connectivity index (χ1) is 10.5. The minimum atomic E-state index is -3.19. The van der Waals surface area contributed by atoms with E-state index in [1.807, 2.05) is 30.3 Å². The van der Waals surface area contributed by atoms with Gasteiger partial charge in [0.15, 0.2) is 15.7 Å². The zero-order chi connectivity index (χ0) is 15.6. The van der Waals surface area contributed by atoms with Gasteiger partial charge in [0, 0.05) is 12.5 Å². The number of benzene rings is 1. The Bertz CT molecular complexity index is 868. The van der Waals surface area contributed by atoms with Crippen molar-refractivity contribution in [2.45, 2.75) is 12.3 Å². The van der Waals surface area contributed by atoms with Crippen molar-refractivity contribution in [3.05, 3.63) is 54.1 Å². The Morgan fingerprint density at radius 3 is 2.73 bits per heavy atom. The summed E-state index contributed by atoms with van der Waals surface area (Å²) in [5, 5.41) is 7.91. The van der Waals surface area contributed by atoms with Crippen LogP contribution in [0.5, 0.6) is 0 Å². The van der Waals surface area contributed by atoms with E-state index in [9.17, 15) is 8.42 Å². The Morgan fingerprint density at radius 2 is 2.00 bits per heavy atom. The maximum absolute atomic E-state index is 11.2. The predicted octanol–water partition coefficient (Wildman–Crippen LogP) is 1.53. The monoisotopic (exact) mass is 318 g/mol. The topological polar surface area (TPSA) is 90.9 Å². The second-order valence-electron chi connectivity index (χ2n) is 5.00. The van der Waals surface area contributed by atoms with Crippen LogP contribution in [0.25, 0.3) is 11.5 Å². The Kier molecular flexibility index (Phi) is 3.76. The summed E-state index contributed by atoms with van der Waals surface area (Å²) in [6.45, 7) is 0.630. The minimum Gasteiger partial charge on any atom is -0.334 e. The Balaban J connectivity index is 1.76. The molecule has 0 aliphatic carbocycles. The third-order valence-corrected chi connectivity index (χ3v) is 3.71. The quantitative estimate of drug-likeness (QED) is 0.708. The van der Waals surface area contributed by atoms with E-state index in [1.54, 1.807) is 17.1 Å². The first-order valence-electron chi connectivity index (χ1n) is 6.57. The summed E-state index contributed by atoms with van der Waals surface area (Å²) >= 11 is 0. The molecule has 7 nitrogen and oxygen atoms in total. The highest BCUT2D eigenvalue weighted by molar-refractivity contribution is 7.89. The summed E-state index contributed by atoms with van der Waals surface area (Å²) in [7, 11) is -3.19. The van der Waals surface area contributed by atoms with E-state index in [2.05, 4.69) is 15.2 Å². The molecule has 3 rings (SSSR count). The second-order valence-corrected chi connectivity index (χ2v) is 7.14. The van der Waals surface area contributed by atoms with Gasteiger partial charge in [0.25, 0.3) is 5.89 Å². The van der Waals surface area contributed by atoms with E-state index in [1.165, 1.54) is 0 Å². The fourth-order valence-electron chi connectivity index (χ4n) is 2.00. The van der Waals surface area contributed by atoms with Crippen molar-refractivity contribution in [3.63, 3.8) is 0 Å². The van der Waals surface area contributed by atoms with E-state index >= 15 is 0 Å². The molecule has 0 aliphatic heterocycles. The molecule has 0 bridgehead atoms. The molecule has 0 atom stereocenters. The second kappa shape index (κ2) is 5.72. The molecule has 0 unspecified atom stereocenters. The summed E-state index contributed by atoms with van der Waals surface area (Å²) < 4.78 is 29.3. The summed E-state index contributed by atoms with van der Waals surface area (Å²) in [5.74, 6) is 0.167. The normalized spacial score (nSPS) is 11.7. The number of aromatic nitrogens is 4. The molecule has 0 radical (unpaired) electrons. The minimum absolute atomic E-state index is 0.147. The molecule has 0 aliphatic rings. The van der Waals surface area contributed by atoms with Crippen LogP contribution in [-0.2, 0) is 22.1 Å². The van der Waals surface area contributed by atoms with Crippen LogP contribution in [0.1, 0.15) is 11.4 Å². The lowest BCUT2D eigenvalue weighted by Crippen LogP contribution is -2.02. The molecule has 0 spiro atoms. The van der Waals surface area contributed by atoms with Crippen LogP contribution in [0.2, 0.25) is 0 Å². The van der Waals surface area contributed by atoms with Crippen molar-refractivity contribution < 1.29 is 12.9 Å². The van der Waals surface area contributed by atoms with Crippen LogP contribution < -0.4 is 0 Å². The van der Waals surface area contributed by atoms with Gasteiger partial charge < -0.3 is 4.52 Å². The maximum atomic E-state index is 11.2. The molecule has 0 fully saturated rings. The number of hydrogen-bond acceptors (Lipinski definition) is 6. The van der Waals surface area contributed by atoms with E-state index in [-0.39, 0.29) is 17.5 Å². The van der Waals surface area contributed by atoms with Gasteiger partial charge >= 0.3 is 0 Å². The van der Waals surface area contributed by atoms with E-state index < -0.39 is 9.84 Å². The van der Waals surface area contributed by atoms with Gasteiger partial charge in [-0.15, -0.1) is 0 Å². The van der Waals surface area contributed by atoms with Gasteiger partial charge in [-0.05, 0) is 5.56 Å². The van der Waals surface area contributed by atoms with Gasteiger partial charge in [-0.25, -0.2) is 8.42 Å². The Labute approximate surface area is 127 Å². The van der Waals surface area contributed by atoms with Crippen LogP contribution in [0.3, 0.4) is 0 Å². The van der Waals surface area contributed by atoms with E-state index in [0.717, 1.165) is 11.8 Å². The molecule has 1 aromatic carbocycles. The highest BCUT2D eigenvalue weighted by Crippen LogP contribution is 2.17. The highest BCUT2D eigenvalue weighted by Gasteiger charge is 2.14. The molecular weight excluding hydrogens is 304 g/mol. The third-order valence-electron chi connectivity index (χ3n) is 2.93. The van der Waals surface area contributed by atoms with Crippen molar-refractivity contribution in [2.75, 3.05) is 6.26 Å². The standard InChI is InChI=1S/C14H14N4O3S/c1-22(19,20)10-13-16-14(21-17-13)12-7-15-18(9-12)8-11-5-3-2-4-6-11/h2-7,9H,8,10H2,1H3. The smallest absolute Gasteiger partial charge is 0.261 e. The van der Waals surface area contributed by atoms with E-state index in [0.29, 0.717) is 12.1 Å². The number of rotatable bonds is 5.